The van der Waals surface area contributed by atoms with Crippen LogP contribution in [0.25, 0.3) is 6.08 Å². The highest BCUT2D eigenvalue weighted by atomic mass is 32.1. The summed E-state index contributed by atoms with van der Waals surface area (Å²) in [4.78, 5) is 41.8. The normalized spacial score (nSPS) is 13.4. The second-order valence-corrected chi connectivity index (χ2v) is 8.33. The Balaban J connectivity index is 1.39. The summed E-state index contributed by atoms with van der Waals surface area (Å²) in [5, 5.41) is 5.12. The average Bonchev–Trinajstić information content (AvgIpc) is 3.33. The van der Waals surface area contributed by atoms with Crippen LogP contribution in [0.3, 0.4) is 0 Å². The van der Waals surface area contributed by atoms with Gasteiger partial charge in [0.15, 0.2) is 4.80 Å². The van der Waals surface area contributed by atoms with Gasteiger partial charge in [0.25, 0.3) is 5.56 Å². The molecule has 4 rings (SSSR count). The second-order valence-electron chi connectivity index (χ2n) is 7.33. The second kappa shape index (κ2) is 8.73. The number of nitrogens with one attached hydrogen (secondary N) is 2. The first-order valence-electron chi connectivity index (χ1n) is 9.92. The van der Waals surface area contributed by atoms with E-state index < -0.39 is 11.8 Å². The molecule has 0 radical (unpaired) electrons. The number of thiazole rings is 1. The molecule has 3 aromatic rings. The van der Waals surface area contributed by atoms with Crippen LogP contribution in [0.2, 0.25) is 0 Å². The molecule has 0 unspecified atom stereocenters. The molecule has 0 fully saturated rings. The first-order chi connectivity index (χ1) is 14.9. The van der Waals surface area contributed by atoms with Crippen molar-refractivity contribution >= 4 is 34.9 Å². The minimum absolute atomic E-state index is 0.0578. The molecule has 1 aliphatic rings. The number of amides is 2. The van der Waals surface area contributed by atoms with Gasteiger partial charge in [-0.3, -0.25) is 23.9 Å². The largest absolute Gasteiger partial charge is 0.460 e. The molecular formula is C22H22N4O4S. The van der Waals surface area contributed by atoms with Gasteiger partial charge in [-0.15, -0.1) is 0 Å². The van der Waals surface area contributed by atoms with Crippen molar-refractivity contribution in [3.05, 3.63) is 72.7 Å². The lowest BCUT2D eigenvalue weighted by Gasteiger charge is -2.07. The van der Waals surface area contributed by atoms with Gasteiger partial charge in [0.1, 0.15) is 11.5 Å². The molecule has 2 N–H and O–H groups in total. The van der Waals surface area contributed by atoms with Gasteiger partial charge in [-0.2, -0.15) is 0 Å². The summed E-state index contributed by atoms with van der Waals surface area (Å²) in [6, 6.07) is 8.86. The Hall–Kier alpha value is -3.46. The quantitative estimate of drug-likeness (QED) is 0.598. The van der Waals surface area contributed by atoms with Gasteiger partial charge in [-0.25, -0.2) is 0 Å². The van der Waals surface area contributed by atoms with Crippen molar-refractivity contribution in [1.82, 2.24) is 9.88 Å². The summed E-state index contributed by atoms with van der Waals surface area (Å²) in [5.74, 6) is -0.529. The number of rotatable bonds is 4. The molecule has 9 heteroatoms. The average molecular weight is 439 g/mol. The SMILES string of the molecule is Cc1ccc(NC(=O)C(=O)NCc2ccc(/C=c3/sc4n(c3=O)CCCN=4)o2)cc1C. The predicted octanol–water partition coefficient (Wildman–Crippen LogP) is 1.23. The van der Waals surface area contributed by atoms with Gasteiger partial charge in [0.2, 0.25) is 0 Å². The molecule has 160 valence electrons. The molecule has 1 aromatic carbocycles. The number of anilines is 1. The number of carbonyl (C=O) groups excluding carboxylic acids is 2. The number of hydrogen-bond donors (Lipinski definition) is 2. The predicted molar refractivity (Wildman–Crippen MR) is 118 cm³/mol. The van der Waals surface area contributed by atoms with E-state index in [4.69, 9.17) is 4.42 Å². The standard InChI is InChI=1S/C22H22N4O4S/c1-13-4-5-15(10-14(13)2)25-20(28)19(27)24-12-17-7-6-16(30-17)11-18-21(29)26-9-3-8-23-22(26)31-18/h4-7,10-11H,3,8-9,12H2,1-2H3,(H,24,27)(H,25,28)/b18-11+. The first-order valence-corrected chi connectivity index (χ1v) is 10.7. The van der Waals surface area contributed by atoms with Crippen molar-refractivity contribution in [2.24, 2.45) is 4.99 Å². The molecule has 31 heavy (non-hydrogen) atoms. The fraction of sp³-hybridized carbons (Fsp3) is 0.273. The van der Waals surface area contributed by atoms with E-state index in [9.17, 15) is 14.4 Å². The minimum atomic E-state index is -0.758. The number of fused-ring (bicyclic) bond motifs is 1. The summed E-state index contributed by atoms with van der Waals surface area (Å²) in [6.07, 6.45) is 2.54. The number of benzene rings is 1. The summed E-state index contributed by atoms with van der Waals surface area (Å²) in [5.41, 5.74) is 2.62. The number of aromatic nitrogens is 1. The van der Waals surface area contributed by atoms with Crippen LogP contribution in [0.5, 0.6) is 0 Å². The van der Waals surface area contributed by atoms with E-state index in [2.05, 4.69) is 15.6 Å². The topological polar surface area (TPSA) is 106 Å². The lowest BCUT2D eigenvalue weighted by atomic mass is 10.1. The van der Waals surface area contributed by atoms with Crippen LogP contribution in [0, 0.1) is 13.8 Å². The fourth-order valence-corrected chi connectivity index (χ4v) is 4.19. The van der Waals surface area contributed by atoms with Gasteiger partial charge >= 0.3 is 11.8 Å². The number of aryl methyl sites for hydroxylation is 2. The van der Waals surface area contributed by atoms with Crippen molar-refractivity contribution in [1.29, 1.82) is 0 Å². The third kappa shape index (κ3) is 4.66. The van der Waals surface area contributed by atoms with Crippen molar-refractivity contribution in [2.75, 3.05) is 11.9 Å². The number of hydrogen-bond acceptors (Lipinski definition) is 6. The van der Waals surface area contributed by atoms with Crippen molar-refractivity contribution < 1.29 is 14.0 Å². The summed E-state index contributed by atoms with van der Waals surface area (Å²) < 4.78 is 7.91. The molecule has 2 aromatic heterocycles. The number of furan rings is 1. The summed E-state index contributed by atoms with van der Waals surface area (Å²) in [6.45, 7) is 5.39. The third-order valence-corrected chi connectivity index (χ3v) is 6.07. The van der Waals surface area contributed by atoms with Crippen LogP contribution >= 0.6 is 11.3 Å². The van der Waals surface area contributed by atoms with E-state index in [1.807, 2.05) is 26.0 Å². The summed E-state index contributed by atoms with van der Waals surface area (Å²) >= 11 is 1.34. The fourth-order valence-electron chi connectivity index (χ4n) is 3.18. The van der Waals surface area contributed by atoms with Crippen LogP contribution in [0.15, 0.2) is 44.5 Å². The molecule has 3 heterocycles. The van der Waals surface area contributed by atoms with E-state index in [0.717, 1.165) is 28.9 Å². The molecule has 0 saturated heterocycles. The Morgan fingerprint density at radius 3 is 2.81 bits per heavy atom. The Morgan fingerprint density at radius 2 is 2.03 bits per heavy atom. The third-order valence-electron chi connectivity index (χ3n) is 5.02. The number of carbonyl (C=O) groups is 2. The maximum atomic E-state index is 12.4. The van der Waals surface area contributed by atoms with E-state index >= 15 is 0 Å². The van der Waals surface area contributed by atoms with Crippen LogP contribution in [-0.4, -0.2) is 22.9 Å². The Morgan fingerprint density at radius 1 is 1.19 bits per heavy atom. The van der Waals surface area contributed by atoms with Gasteiger partial charge < -0.3 is 15.1 Å². The maximum Gasteiger partial charge on any atom is 0.313 e. The zero-order chi connectivity index (χ0) is 22.0. The highest BCUT2D eigenvalue weighted by Gasteiger charge is 2.15. The van der Waals surface area contributed by atoms with Crippen molar-refractivity contribution in [2.45, 2.75) is 33.4 Å². The highest BCUT2D eigenvalue weighted by Crippen LogP contribution is 2.14. The molecule has 0 spiro atoms. The van der Waals surface area contributed by atoms with Crippen LogP contribution in [0.1, 0.15) is 29.1 Å². The molecule has 0 saturated carbocycles. The lowest BCUT2D eigenvalue weighted by molar-refractivity contribution is -0.136. The molecule has 8 nitrogen and oxygen atoms in total. The van der Waals surface area contributed by atoms with Gasteiger partial charge in [-0.1, -0.05) is 17.4 Å². The van der Waals surface area contributed by atoms with E-state index in [1.54, 1.807) is 28.8 Å². The smallest absolute Gasteiger partial charge is 0.313 e. The molecule has 1 aliphatic heterocycles. The Kier molecular flexibility index (Phi) is 5.85. The molecule has 0 aliphatic carbocycles. The van der Waals surface area contributed by atoms with Gasteiger partial charge in [0.05, 0.1) is 11.1 Å². The Labute approximate surface area is 181 Å². The van der Waals surface area contributed by atoms with Crippen LogP contribution in [0.4, 0.5) is 5.69 Å². The van der Waals surface area contributed by atoms with E-state index in [1.165, 1.54) is 11.3 Å². The van der Waals surface area contributed by atoms with Gasteiger partial charge in [-0.05, 0) is 55.7 Å². The lowest BCUT2D eigenvalue weighted by Crippen LogP contribution is -2.34. The van der Waals surface area contributed by atoms with Crippen LogP contribution in [-0.2, 0) is 22.7 Å². The molecular weight excluding hydrogens is 416 g/mol. The van der Waals surface area contributed by atoms with Gasteiger partial charge in [0, 0.05) is 24.9 Å². The van der Waals surface area contributed by atoms with E-state index in [0.29, 0.717) is 28.3 Å². The van der Waals surface area contributed by atoms with E-state index in [-0.39, 0.29) is 12.1 Å². The summed E-state index contributed by atoms with van der Waals surface area (Å²) in [7, 11) is 0. The van der Waals surface area contributed by atoms with Crippen molar-refractivity contribution in [3.63, 3.8) is 0 Å². The molecule has 0 bridgehead atoms. The number of nitrogens with zero attached hydrogens (tertiary/aromatic N) is 2. The zero-order valence-corrected chi connectivity index (χ0v) is 18.0. The molecule has 0 atom stereocenters. The monoisotopic (exact) mass is 438 g/mol. The highest BCUT2D eigenvalue weighted by molar-refractivity contribution is 7.07. The maximum absolute atomic E-state index is 12.4. The Bertz CT molecular complexity index is 1330. The van der Waals surface area contributed by atoms with Crippen LogP contribution < -0.4 is 25.5 Å². The van der Waals surface area contributed by atoms with Crippen molar-refractivity contribution in [3.8, 4) is 0 Å². The zero-order valence-electron chi connectivity index (χ0n) is 17.2. The minimum Gasteiger partial charge on any atom is -0.460 e. The molecule has 2 amide bonds. The first kappa shape index (κ1) is 20.8.